The highest BCUT2D eigenvalue weighted by Crippen LogP contribution is 2.35. The lowest BCUT2D eigenvalue weighted by Gasteiger charge is -2.18. The third-order valence-electron chi connectivity index (χ3n) is 11.1. The number of nitrogens with one attached hydrogen (secondary N) is 2. The second-order valence-corrected chi connectivity index (χ2v) is 22.5. The molecule has 382 valence electrons. The van der Waals surface area contributed by atoms with Gasteiger partial charge in [0.05, 0.1) is 18.7 Å². The molecule has 0 aliphatic rings. The van der Waals surface area contributed by atoms with Gasteiger partial charge in [-0.15, -0.1) is 0 Å². The van der Waals surface area contributed by atoms with Crippen LogP contribution in [0.3, 0.4) is 0 Å². The number of hydrogen-bond donors (Lipinski definition) is 4. The number of sulfone groups is 2. The molecule has 0 bridgehead atoms. The summed E-state index contributed by atoms with van der Waals surface area (Å²) in [6.07, 6.45) is 8.68. The summed E-state index contributed by atoms with van der Waals surface area (Å²) in [5.74, 6) is -0.770. The molecule has 0 fully saturated rings. The molecule has 4 heterocycles. The predicted octanol–water partition coefficient (Wildman–Crippen LogP) is 8.11. The van der Waals surface area contributed by atoms with Crippen LogP contribution >= 0.6 is 31.9 Å². The van der Waals surface area contributed by atoms with Crippen LogP contribution in [0.2, 0.25) is 0 Å². The lowest BCUT2D eigenvalue weighted by Crippen LogP contribution is -2.17. The van der Waals surface area contributed by atoms with Crippen molar-refractivity contribution in [3.63, 3.8) is 0 Å². The number of pyridine rings is 4. The first kappa shape index (κ1) is 55.3. The molecule has 0 saturated carbocycles. The molecule has 0 radical (unpaired) electrons. The first-order valence-corrected chi connectivity index (χ1v) is 27.8. The van der Waals surface area contributed by atoms with E-state index in [1.807, 2.05) is 62.4 Å². The maximum Gasteiger partial charge on any atom is 0.303 e. The minimum Gasteiger partial charge on any atom is -0.481 e. The predicted molar refractivity (Wildman–Crippen MR) is 274 cm³/mol. The van der Waals surface area contributed by atoms with E-state index in [1.54, 1.807) is 0 Å². The van der Waals surface area contributed by atoms with E-state index in [9.17, 15) is 26.4 Å². The molecule has 0 aliphatic heterocycles. The summed E-state index contributed by atoms with van der Waals surface area (Å²) in [5, 5.41) is 24.6. The molecule has 2 aromatic carbocycles. The normalized spacial score (nSPS) is 11.6. The second kappa shape index (κ2) is 25.6. The van der Waals surface area contributed by atoms with Gasteiger partial charge in [0, 0.05) is 85.5 Å². The Hall–Kier alpha value is -6.04. The number of aliphatic carboxylic acids is 2. The molecule has 6 rings (SSSR count). The fraction of sp³-hybridized carbons (Fsp3) is 0.320. The third-order valence-corrected chi connectivity index (χ3v) is 14.4. The van der Waals surface area contributed by atoms with E-state index in [-0.39, 0.29) is 72.6 Å². The highest BCUT2D eigenvalue weighted by Gasteiger charge is 2.19. The SMILES string of the molecule is Cc1c(COc2nc(OCc3cncc(S(C)(=O)=O)c3)c(CNCCCC(=O)O)cc2Br)cccc1-c1cccc(COc2nc(OCc3cncc(S(C)(=O)=O)c3)c(CNCCCC(=O)O)cc2Br)c1C. The van der Waals surface area contributed by atoms with Gasteiger partial charge >= 0.3 is 11.9 Å². The second-order valence-electron chi connectivity index (χ2n) is 16.8. The lowest BCUT2D eigenvalue weighted by molar-refractivity contribution is -0.138. The topological polar surface area (TPSA) is 255 Å². The smallest absolute Gasteiger partial charge is 0.303 e. The number of carbonyl (C=O) groups is 2. The Balaban J connectivity index is 1.19. The van der Waals surface area contributed by atoms with Gasteiger partial charge in [-0.25, -0.2) is 16.8 Å². The first-order valence-electron chi connectivity index (χ1n) is 22.5. The molecule has 6 aromatic rings. The summed E-state index contributed by atoms with van der Waals surface area (Å²) in [6, 6.07) is 18.5. The number of ether oxygens (including phenoxy) is 4. The zero-order valence-electron chi connectivity index (χ0n) is 39.9. The summed E-state index contributed by atoms with van der Waals surface area (Å²) in [7, 11) is -7.00. The van der Waals surface area contributed by atoms with Crippen LogP contribution in [-0.2, 0) is 68.8 Å². The van der Waals surface area contributed by atoms with E-state index >= 15 is 0 Å². The minimum atomic E-state index is -3.50. The molecule has 4 aromatic heterocycles. The number of carboxylic acids is 2. The van der Waals surface area contributed by atoms with Crippen molar-refractivity contribution >= 4 is 63.5 Å². The number of aromatic nitrogens is 4. The fourth-order valence-electron chi connectivity index (χ4n) is 7.22. The van der Waals surface area contributed by atoms with Crippen LogP contribution in [-0.4, -0.2) is 84.5 Å². The monoisotopic (exact) mass is 1150 g/mol. The molecule has 4 N–H and O–H groups in total. The summed E-state index contributed by atoms with van der Waals surface area (Å²) in [5.41, 5.74) is 8.06. The summed E-state index contributed by atoms with van der Waals surface area (Å²) in [6.45, 7) is 5.78. The zero-order valence-corrected chi connectivity index (χ0v) is 44.7. The Kier molecular flexibility index (Phi) is 19.6. The van der Waals surface area contributed by atoms with Gasteiger partial charge in [0.15, 0.2) is 19.7 Å². The van der Waals surface area contributed by atoms with E-state index in [0.29, 0.717) is 70.2 Å². The number of carboxylic acid groups (broad SMARTS) is 2. The number of rotatable bonds is 27. The Morgan fingerprint density at radius 1 is 0.556 bits per heavy atom. The van der Waals surface area contributed by atoms with E-state index in [1.165, 1.54) is 36.9 Å². The number of halogens is 2. The van der Waals surface area contributed by atoms with Gasteiger partial charge in [0.25, 0.3) is 0 Å². The van der Waals surface area contributed by atoms with Crippen molar-refractivity contribution in [1.29, 1.82) is 0 Å². The maximum absolute atomic E-state index is 12.2. The van der Waals surface area contributed by atoms with Crippen molar-refractivity contribution in [3.8, 4) is 34.6 Å². The van der Waals surface area contributed by atoms with Crippen LogP contribution in [0.1, 0.15) is 70.2 Å². The quantitative estimate of drug-likeness (QED) is 0.0355. The van der Waals surface area contributed by atoms with Crippen LogP contribution < -0.4 is 29.6 Å². The molecule has 22 heteroatoms. The summed E-state index contributed by atoms with van der Waals surface area (Å²) in [4.78, 5) is 39.8. The lowest BCUT2D eigenvalue weighted by atomic mass is 9.92. The van der Waals surface area contributed by atoms with Crippen LogP contribution in [0.4, 0.5) is 0 Å². The number of nitrogens with zero attached hydrogens (tertiary/aromatic N) is 4. The highest BCUT2D eigenvalue weighted by molar-refractivity contribution is 9.11. The highest BCUT2D eigenvalue weighted by atomic mass is 79.9. The molecule has 0 atom stereocenters. The molecule has 0 amide bonds. The molecule has 0 saturated heterocycles. The molecule has 72 heavy (non-hydrogen) atoms. The van der Waals surface area contributed by atoms with Crippen molar-refractivity contribution in [1.82, 2.24) is 30.6 Å². The first-order chi connectivity index (χ1) is 34.3. The van der Waals surface area contributed by atoms with Crippen molar-refractivity contribution in [2.75, 3.05) is 25.6 Å². The Bertz CT molecular complexity index is 2940. The van der Waals surface area contributed by atoms with Crippen molar-refractivity contribution in [2.45, 2.75) is 88.8 Å². The average Bonchev–Trinajstić information content (AvgIpc) is 3.32. The van der Waals surface area contributed by atoms with Gasteiger partial charge in [-0.1, -0.05) is 36.4 Å². The third kappa shape index (κ3) is 16.0. The van der Waals surface area contributed by atoms with Gasteiger partial charge in [0.2, 0.25) is 23.5 Å². The van der Waals surface area contributed by atoms with Crippen LogP contribution in [0.5, 0.6) is 23.5 Å². The number of hydrogen-bond acceptors (Lipinski definition) is 16. The van der Waals surface area contributed by atoms with Crippen LogP contribution in [0.15, 0.2) is 104 Å². The molecular formula is C50H54Br2N6O12S2. The molecule has 0 spiro atoms. The van der Waals surface area contributed by atoms with Crippen molar-refractivity contribution < 1.29 is 55.6 Å². The average molecular weight is 1150 g/mol. The van der Waals surface area contributed by atoms with Gasteiger partial charge in [-0.3, -0.25) is 19.6 Å². The molecular weight excluding hydrogens is 1100 g/mol. The summed E-state index contributed by atoms with van der Waals surface area (Å²) < 4.78 is 74.8. The number of benzene rings is 2. The van der Waals surface area contributed by atoms with Crippen LogP contribution in [0, 0.1) is 13.8 Å². The standard InChI is InChI=1S/C50H54Br2N6O12S2/c1-31-35(29-69-49-43(51)19-37(23-53-15-7-13-45(59)60)47(57-49)67-27-33-17-39(25-55-21-33)71(3,63)64)9-5-11-41(31)42-12-6-10-36(32(42)2)30-70-50-44(52)20-38(24-54-16-8-14-46(61)62)48(58-50)68-28-34-18-40(26-56-22-34)72(4,65)66/h5-6,9-12,17-22,25-26,53-54H,7-8,13-16,23-24,27-30H2,1-4H3,(H,59,60)(H,61,62). The molecule has 0 unspecified atom stereocenters. The Labute approximate surface area is 435 Å². The van der Waals surface area contributed by atoms with E-state index < -0.39 is 31.6 Å². The Morgan fingerprint density at radius 3 is 1.32 bits per heavy atom. The Morgan fingerprint density at radius 2 is 0.944 bits per heavy atom. The van der Waals surface area contributed by atoms with Gasteiger partial charge in [0.1, 0.15) is 26.4 Å². The summed E-state index contributed by atoms with van der Waals surface area (Å²) >= 11 is 7.22. The maximum atomic E-state index is 12.2. The van der Waals surface area contributed by atoms with Gasteiger partial charge in [-0.05, 0) is 129 Å². The van der Waals surface area contributed by atoms with Crippen molar-refractivity contribution in [3.05, 3.63) is 139 Å². The van der Waals surface area contributed by atoms with Gasteiger partial charge in [-0.2, -0.15) is 9.97 Å². The largest absolute Gasteiger partial charge is 0.481 e. The molecule has 18 nitrogen and oxygen atoms in total. The zero-order chi connectivity index (χ0) is 52.0. The van der Waals surface area contributed by atoms with E-state index in [4.69, 9.17) is 39.1 Å². The van der Waals surface area contributed by atoms with E-state index in [0.717, 1.165) is 45.9 Å². The fourth-order valence-corrected chi connectivity index (χ4v) is 9.41. The molecule has 0 aliphatic carbocycles. The van der Waals surface area contributed by atoms with Gasteiger partial charge < -0.3 is 39.8 Å². The van der Waals surface area contributed by atoms with Crippen LogP contribution in [0.25, 0.3) is 11.1 Å². The van der Waals surface area contributed by atoms with E-state index in [2.05, 4.69) is 52.5 Å². The minimum absolute atomic E-state index is 0.0215. The van der Waals surface area contributed by atoms with Crippen molar-refractivity contribution in [2.24, 2.45) is 0 Å².